The Morgan fingerprint density at radius 3 is 0.991 bits per heavy atom. The predicted octanol–water partition coefficient (Wildman–Crippen LogP) is 20.6. The Balaban J connectivity index is 0.000000278. The molecular formula is C90H88F3Ir2N6O8SSi2-2. The van der Waals surface area contributed by atoms with E-state index in [0.717, 1.165) is 126 Å². The van der Waals surface area contributed by atoms with Crippen molar-refractivity contribution in [2.75, 3.05) is 20.8 Å². The minimum Gasteiger partial charge on any atom is -0.500 e. The molecule has 4 N–H and O–H groups in total. The van der Waals surface area contributed by atoms with Gasteiger partial charge >= 0.3 is 35.7 Å². The van der Waals surface area contributed by atoms with E-state index in [1.807, 2.05) is 231 Å². The number of halogens is 3. The van der Waals surface area contributed by atoms with Gasteiger partial charge in [-0.1, -0.05) is 155 Å². The van der Waals surface area contributed by atoms with E-state index in [4.69, 9.17) is 42.1 Å². The van der Waals surface area contributed by atoms with Crippen molar-refractivity contribution >= 4 is 80.5 Å². The first-order chi connectivity index (χ1) is 52.6. The zero-order chi connectivity index (χ0) is 78.7. The van der Waals surface area contributed by atoms with Crippen LogP contribution >= 0.6 is 0 Å². The minimum atomic E-state index is -5.84. The molecule has 22 heteroatoms. The van der Waals surface area contributed by atoms with E-state index in [1.54, 1.807) is 31.7 Å². The summed E-state index contributed by atoms with van der Waals surface area (Å²) in [6, 6.07) is 106. The second kappa shape index (κ2) is 47.7. The number of hydrogen-bond acceptors (Lipinski definition) is 13. The predicted molar refractivity (Wildman–Crippen MR) is 446 cm³/mol. The maximum absolute atomic E-state index is 10.7. The van der Waals surface area contributed by atoms with Gasteiger partial charge in [-0.15, -0.1) is 167 Å². The van der Waals surface area contributed by atoms with Crippen LogP contribution in [0.2, 0.25) is 39.3 Å². The Morgan fingerprint density at radius 2 is 0.688 bits per heavy atom. The molecule has 8 aromatic carbocycles. The van der Waals surface area contributed by atoms with Crippen molar-refractivity contribution in [3.05, 3.63) is 340 Å². The molecule has 0 amide bonds. The van der Waals surface area contributed by atoms with Crippen LogP contribution in [0.15, 0.2) is 319 Å². The van der Waals surface area contributed by atoms with Gasteiger partial charge in [0.1, 0.15) is 16.7 Å². The maximum atomic E-state index is 10.7. The van der Waals surface area contributed by atoms with Crippen LogP contribution in [0.1, 0.15) is 14.4 Å². The fraction of sp³-hybridized carbons (Fsp3) is 0.133. The van der Waals surface area contributed by atoms with Crippen molar-refractivity contribution in [2.24, 2.45) is 0 Å². The van der Waals surface area contributed by atoms with Gasteiger partial charge in [-0.25, -0.2) is 0 Å². The molecule has 1 radical (unpaired) electrons. The molecule has 8 aromatic heterocycles. The summed E-state index contributed by atoms with van der Waals surface area (Å²) in [5.41, 5.74) is 10.3. The van der Waals surface area contributed by atoms with Crippen LogP contribution < -0.4 is 10.4 Å². The Labute approximate surface area is 683 Å². The van der Waals surface area contributed by atoms with Crippen molar-refractivity contribution in [1.29, 1.82) is 0 Å². The number of nitrogens with zero attached hydrogens (tertiary/aromatic N) is 6. The van der Waals surface area contributed by atoms with Gasteiger partial charge in [0.2, 0.25) is 0 Å². The van der Waals surface area contributed by atoms with Crippen LogP contribution in [0.4, 0.5) is 13.2 Å². The largest absolute Gasteiger partial charge is 3.00 e. The molecule has 0 aliphatic carbocycles. The van der Waals surface area contributed by atoms with Crippen molar-refractivity contribution in [3.63, 3.8) is 0 Å². The smallest absolute Gasteiger partial charge is 0.500 e. The number of fused-ring (bicyclic) bond motifs is 6. The third-order valence-corrected chi connectivity index (χ3v) is 20.1. The third-order valence-electron chi connectivity index (χ3n) is 15.4. The first-order valence-electron chi connectivity index (χ1n) is 34.3. The molecule has 8 heterocycles. The number of furan rings is 2. The number of aliphatic hydroxyl groups is 3. The molecule has 14 nitrogen and oxygen atoms in total. The van der Waals surface area contributed by atoms with Crippen LogP contribution in [0.3, 0.4) is 0 Å². The maximum Gasteiger partial charge on any atom is 3.00 e. The molecule has 0 unspecified atom stereocenters. The van der Waals surface area contributed by atoms with E-state index >= 15 is 0 Å². The molecule has 0 aliphatic rings. The Hall–Kier alpha value is -10.4. The average molecular weight is 1910 g/mol. The SMILES string of the molecule is C.CCO.CO.CO.C[Si](C)(C)c1ccc(-c2[c-]cc3oc4ccccc4c3c2)nc1.C[Si](C)(C)c1ccc(-c2ccc3oc4ccccc4c3c2)nc1.O=S(=O)(O)C(F)(F)F.[Ir+3].[Ir].[c-]1ccccc1-c1ccccn1.[c-]1ccccc1-c1ccccn1.[c-]1ccccc1-c1ccccn1.[c-]1ccccc1-c1ccccn1. The summed E-state index contributed by atoms with van der Waals surface area (Å²) < 4.78 is 69.3. The number of rotatable bonds is 8. The zero-order valence-corrected chi connectivity index (χ0v) is 70.1. The van der Waals surface area contributed by atoms with Gasteiger partial charge in [0, 0.05) is 99.8 Å². The standard InChI is InChI=1S/C20H19NOSi.C20H18NOSi.4C11H8N.C2H6O.CHF3O3S.2CH4O.CH4.2Ir/c2*1-23(2,3)15-9-10-18(21-13-15)14-8-11-20-17(12-14)16-6-4-5-7-19(16)22-20;4*1-2-6-10(7-3-1)11-8-4-5-9-12-11;1-2-3;2-1(3,4)8(5,6)7;2*1-2;;;/h4-13H,1-3H3;4-7,9-13H,1-3H3;4*1-6,8-9H;3H,2H2,1H3;(H,5,6,7);2*2H,1H3;1H4;;/q;5*-1;;;;;;;+3. The molecule has 0 fully saturated rings. The van der Waals surface area contributed by atoms with Crippen LogP contribution in [0.25, 0.3) is 111 Å². The molecule has 0 saturated heterocycles. The van der Waals surface area contributed by atoms with Crippen LogP contribution in [0, 0.1) is 30.3 Å². The van der Waals surface area contributed by atoms with E-state index < -0.39 is 31.8 Å². The summed E-state index contributed by atoms with van der Waals surface area (Å²) in [7, 11) is -6.46. The monoisotopic (exact) mass is 1910 g/mol. The molecule has 112 heavy (non-hydrogen) atoms. The second-order valence-electron chi connectivity index (χ2n) is 25.1. The molecule has 0 atom stereocenters. The Bertz CT molecular complexity index is 4770. The first-order valence-corrected chi connectivity index (χ1v) is 42.8. The van der Waals surface area contributed by atoms with Crippen LogP contribution in [-0.2, 0) is 50.3 Å². The van der Waals surface area contributed by atoms with Gasteiger partial charge in [0.05, 0.1) is 27.4 Å². The molecule has 0 bridgehead atoms. The van der Waals surface area contributed by atoms with E-state index in [2.05, 4.69) is 149 Å². The van der Waals surface area contributed by atoms with Gasteiger partial charge in [-0.2, -0.15) is 21.6 Å². The van der Waals surface area contributed by atoms with E-state index in [9.17, 15) is 13.2 Å². The molecular weight excluding hydrogens is 1820 g/mol. The number of pyridine rings is 6. The summed E-state index contributed by atoms with van der Waals surface area (Å²) in [6.07, 6.45) is 11.2. The fourth-order valence-electron chi connectivity index (χ4n) is 10.0. The molecule has 16 rings (SSSR count). The molecule has 581 valence electrons. The summed E-state index contributed by atoms with van der Waals surface area (Å²) in [4.78, 5) is 26.2. The fourth-order valence-corrected chi connectivity index (χ4v) is 12.1. The van der Waals surface area contributed by atoms with E-state index in [1.165, 1.54) is 10.4 Å². The minimum absolute atomic E-state index is 0. The zero-order valence-electron chi connectivity index (χ0n) is 62.5. The number of aliphatic hydroxyl groups excluding tert-OH is 3. The Morgan fingerprint density at radius 1 is 0.384 bits per heavy atom. The van der Waals surface area contributed by atoms with E-state index in [0.29, 0.717) is 0 Å². The Kier molecular flexibility index (Phi) is 40.0. The summed E-state index contributed by atoms with van der Waals surface area (Å²) in [5, 5.41) is 28.9. The van der Waals surface area contributed by atoms with Gasteiger partial charge in [-0.3, -0.25) is 9.54 Å². The second-order valence-corrected chi connectivity index (χ2v) is 36.7. The molecule has 0 saturated carbocycles. The quantitative estimate of drug-likeness (QED) is 0.0482. The normalized spacial score (nSPS) is 10.4. The van der Waals surface area contributed by atoms with Crippen LogP contribution in [0.5, 0.6) is 0 Å². The molecule has 16 aromatic rings. The van der Waals surface area contributed by atoms with Gasteiger partial charge in [-0.05, 0) is 106 Å². The number of hydrogen-bond donors (Lipinski definition) is 4. The topological polar surface area (TPSA) is 219 Å². The summed E-state index contributed by atoms with van der Waals surface area (Å²) >= 11 is 0. The average Bonchev–Trinajstić information content (AvgIpc) is 1.63. The molecule has 0 aliphatic heterocycles. The van der Waals surface area contributed by atoms with Gasteiger partial charge < -0.3 is 49.1 Å². The number of benzene rings is 8. The van der Waals surface area contributed by atoms with Gasteiger partial charge in [0.15, 0.2) is 0 Å². The summed E-state index contributed by atoms with van der Waals surface area (Å²) in [5.74, 6) is 0. The number of para-hydroxylation sites is 2. The number of aromatic nitrogens is 6. The first kappa shape index (κ1) is 94.0. The van der Waals surface area contributed by atoms with Crippen molar-refractivity contribution < 1.29 is 90.5 Å². The van der Waals surface area contributed by atoms with Gasteiger partial charge in [0.25, 0.3) is 0 Å². The molecule has 0 spiro atoms. The number of alkyl halides is 3. The van der Waals surface area contributed by atoms with Crippen LogP contribution in [-0.4, -0.2) is 101 Å². The van der Waals surface area contributed by atoms with Crippen molar-refractivity contribution in [3.8, 4) is 67.5 Å². The third kappa shape index (κ3) is 29.0. The van der Waals surface area contributed by atoms with E-state index in [-0.39, 0.29) is 54.2 Å². The summed E-state index contributed by atoms with van der Waals surface area (Å²) in [6.45, 7) is 16.0. The van der Waals surface area contributed by atoms with Crippen molar-refractivity contribution in [1.82, 2.24) is 29.9 Å². The van der Waals surface area contributed by atoms with Crippen molar-refractivity contribution in [2.45, 2.75) is 59.1 Å².